The third-order valence-electron chi connectivity index (χ3n) is 4.53. The molecule has 0 bridgehead atoms. The Balaban J connectivity index is 0.000000180. The summed E-state index contributed by atoms with van der Waals surface area (Å²) in [7, 11) is 5.68. The largest absolute Gasteiger partial charge is 0.376 e. The van der Waals surface area contributed by atoms with Crippen molar-refractivity contribution in [2.24, 2.45) is 0 Å². The number of nitrogens with one attached hydrogen (secondary N) is 2. The van der Waals surface area contributed by atoms with Gasteiger partial charge in [0.1, 0.15) is 0 Å². The second-order valence-electron chi connectivity index (χ2n) is 6.65. The van der Waals surface area contributed by atoms with E-state index in [1.165, 1.54) is 22.3 Å². The maximum atomic E-state index is 6.13. The van der Waals surface area contributed by atoms with Crippen molar-refractivity contribution < 1.29 is 9.47 Å². The maximum Gasteiger partial charge on any atom is 0.0952 e. The lowest BCUT2D eigenvalue weighted by molar-refractivity contribution is 0.0439. The Morgan fingerprint density at radius 3 is 2.25 bits per heavy atom. The molecule has 2 aromatic carbocycles. The van der Waals surface area contributed by atoms with E-state index < -0.39 is 0 Å². The van der Waals surface area contributed by atoms with Gasteiger partial charge >= 0.3 is 0 Å². The van der Waals surface area contributed by atoms with Crippen molar-refractivity contribution in [3.63, 3.8) is 0 Å². The van der Waals surface area contributed by atoms with Crippen LogP contribution in [0.2, 0.25) is 10.0 Å². The summed E-state index contributed by atoms with van der Waals surface area (Å²) in [6, 6.07) is 12.0. The first-order valence-corrected chi connectivity index (χ1v) is 10.3. The number of rotatable bonds is 2. The SMILES string of the molecule is CNC.CNCC1OCCc2c(Cl)cccc21.Clc1cccc2c1CCOC2. The highest BCUT2D eigenvalue weighted by atomic mass is 35.5. The molecule has 2 N–H and O–H groups in total. The zero-order valence-electron chi connectivity index (χ0n) is 16.9. The molecule has 6 heteroatoms. The van der Waals surface area contributed by atoms with Gasteiger partial charge in [0.05, 0.1) is 25.9 Å². The number of halogens is 2. The van der Waals surface area contributed by atoms with Crippen molar-refractivity contribution in [2.45, 2.75) is 25.6 Å². The van der Waals surface area contributed by atoms with E-state index >= 15 is 0 Å². The standard InChI is InChI=1S/C11H14ClNO.C9H9ClO.C2H7N/c1-13-7-11-9-3-2-4-10(12)8(9)5-6-14-11;10-9-3-1-2-7-6-11-5-4-8(7)9;1-3-2/h2-4,11,13H,5-7H2,1H3;1-3H,4-6H2;3H,1-2H3. The molecule has 1 unspecified atom stereocenters. The quantitative estimate of drug-likeness (QED) is 0.748. The number of likely N-dealkylation sites (N-methyl/N-ethyl adjacent to an activating group) is 1. The predicted molar refractivity (Wildman–Crippen MR) is 118 cm³/mol. The van der Waals surface area contributed by atoms with Crippen LogP contribution in [0.3, 0.4) is 0 Å². The van der Waals surface area contributed by atoms with E-state index in [0.717, 1.165) is 49.3 Å². The van der Waals surface area contributed by atoms with Crippen molar-refractivity contribution in [3.8, 4) is 0 Å². The Kier molecular flexibility index (Phi) is 10.3. The number of hydrogen-bond donors (Lipinski definition) is 2. The van der Waals surface area contributed by atoms with Crippen molar-refractivity contribution in [3.05, 3.63) is 68.7 Å². The molecule has 28 heavy (non-hydrogen) atoms. The zero-order chi connectivity index (χ0) is 20.4. The Labute approximate surface area is 178 Å². The van der Waals surface area contributed by atoms with Gasteiger partial charge in [0.2, 0.25) is 0 Å². The molecule has 0 amide bonds. The minimum absolute atomic E-state index is 0.155. The average Bonchev–Trinajstić information content (AvgIpc) is 2.71. The molecule has 154 valence electrons. The topological polar surface area (TPSA) is 42.5 Å². The zero-order valence-corrected chi connectivity index (χ0v) is 18.4. The summed E-state index contributed by atoms with van der Waals surface area (Å²) in [4.78, 5) is 0. The molecule has 2 aliphatic rings. The van der Waals surface area contributed by atoms with Crippen LogP contribution in [-0.2, 0) is 28.9 Å². The van der Waals surface area contributed by atoms with Crippen LogP contribution < -0.4 is 10.6 Å². The van der Waals surface area contributed by atoms with Gasteiger partial charge in [0.15, 0.2) is 0 Å². The first-order chi connectivity index (χ1) is 13.6. The van der Waals surface area contributed by atoms with Crippen LogP contribution in [0.25, 0.3) is 0 Å². The van der Waals surface area contributed by atoms with E-state index in [0.29, 0.717) is 0 Å². The van der Waals surface area contributed by atoms with E-state index in [9.17, 15) is 0 Å². The molecule has 2 heterocycles. The second kappa shape index (κ2) is 12.4. The lowest BCUT2D eigenvalue weighted by Gasteiger charge is -2.26. The van der Waals surface area contributed by atoms with Crippen LogP contribution in [0.1, 0.15) is 28.4 Å². The summed E-state index contributed by atoms with van der Waals surface area (Å²) in [5.41, 5.74) is 4.99. The van der Waals surface area contributed by atoms with E-state index in [1.807, 2.05) is 45.4 Å². The van der Waals surface area contributed by atoms with Crippen LogP contribution in [0.4, 0.5) is 0 Å². The maximum absolute atomic E-state index is 6.13. The third kappa shape index (κ3) is 6.45. The molecule has 2 aliphatic heterocycles. The molecule has 4 nitrogen and oxygen atoms in total. The van der Waals surface area contributed by atoms with Gasteiger partial charge in [-0.3, -0.25) is 0 Å². The highest BCUT2D eigenvalue weighted by Gasteiger charge is 2.21. The molecule has 0 fully saturated rings. The highest BCUT2D eigenvalue weighted by Crippen LogP contribution is 2.31. The molecule has 0 saturated carbocycles. The van der Waals surface area contributed by atoms with Crippen molar-refractivity contribution >= 4 is 23.2 Å². The molecule has 0 saturated heterocycles. The molecule has 1 atom stereocenters. The van der Waals surface area contributed by atoms with Gasteiger partial charge in [-0.1, -0.05) is 47.5 Å². The van der Waals surface area contributed by atoms with Crippen molar-refractivity contribution in [2.75, 3.05) is 40.9 Å². The van der Waals surface area contributed by atoms with Crippen LogP contribution >= 0.6 is 23.2 Å². The lowest BCUT2D eigenvalue weighted by Crippen LogP contribution is -2.25. The van der Waals surface area contributed by atoms with Crippen LogP contribution in [-0.4, -0.2) is 40.9 Å². The molecular formula is C22H30Cl2N2O2. The lowest BCUT2D eigenvalue weighted by atomic mass is 9.97. The van der Waals surface area contributed by atoms with Crippen LogP contribution in [0, 0.1) is 0 Å². The normalized spacial score (nSPS) is 17.2. The molecular weight excluding hydrogens is 395 g/mol. The average molecular weight is 425 g/mol. The molecule has 0 aliphatic carbocycles. The first kappa shape index (κ1) is 23.1. The predicted octanol–water partition coefficient (Wildman–Crippen LogP) is 4.42. The minimum Gasteiger partial charge on any atom is -0.376 e. The van der Waals surface area contributed by atoms with Crippen molar-refractivity contribution in [1.82, 2.24) is 10.6 Å². The van der Waals surface area contributed by atoms with E-state index in [2.05, 4.69) is 22.8 Å². The number of ether oxygens (including phenoxy) is 2. The molecule has 0 aromatic heterocycles. The Morgan fingerprint density at radius 2 is 1.57 bits per heavy atom. The fraction of sp³-hybridized carbons (Fsp3) is 0.455. The Bertz CT molecular complexity index is 740. The summed E-state index contributed by atoms with van der Waals surface area (Å²) in [6.07, 6.45) is 2.03. The van der Waals surface area contributed by atoms with E-state index in [4.69, 9.17) is 32.7 Å². The van der Waals surface area contributed by atoms with Gasteiger partial charge < -0.3 is 20.1 Å². The summed E-state index contributed by atoms with van der Waals surface area (Å²) in [5.74, 6) is 0. The molecule has 0 spiro atoms. The summed E-state index contributed by atoms with van der Waals surface area (Å²) in [5, 5.41) is 7.63. The monoisotopic (exact) mass is 424 g/mol. The van der Waals surface area contributed by atoms with Gasteiger partial charge in [0, 0.05) is 16.6 Å². The number of fused-ring (bicyclic) bond motifs is 2. The smallest absolute Gasteiger partial charge is 0.0952 e. The van der Waals surface area contributed by atoms with Gasteiger partial charge in [0.25, 0.3) is 0 Å². The summed E-state index contributed by atoms with van der Waals surface area (Å²) < 4.78 is 11.0. The fourth-order valence-corrected chi connectivity index (χ4v) is 3.83. The van der Waals surface area contributed by atoms with Crippen LogP contribution in [0.15, 0.2) is 36.4 Å². The molecule has 0 radical (unpaired) electrons. The second-order valence-corrected chi connectivity index (χ2v) is 7.47. The number of benzene rings is 2. The van der Waals surface area contributed by atoms with E-state index in [1.54, 1.807) is 0 Å². The Hall–Kier alpha value is -1.14. The van der Waals surface area contributed by atoms with Gasteiger partial charge in [-0.15, -0.1) is 0 Å². The van der Waals surface area contributed by atoms with Crippen LogP contribution in [0.5, 0.6) is 0 Å². The number of hydrogen-bond acceptors (Lipinski definition) is 4. The van der Waals surface area contributed by atoms with Gasteiger partial charge in [-0.05, 0) is 68.4 Å². The highest BCUT2D eigenvalue weighted by molar-refractivity contribution is 6.31. The first-order valence-electron chi connectivity index (χ1n) is 9.58. The molecule has 4 rings (SSSR count). The fourth-order valence-electron chi connectivity index (χ4n) is 3.26. The Morgan fingerprint density at radius 1 is 0.929 bits per heavy atom. The summed E-state index contributed by atoms with van der Waals surface area (Å²) in [6.45, 7) is 3.13. The third-order valence-corrected chi connectivity index (χ3v) is 5.24. The van der Waals surface area contributed by atoms with Gasteiger partial charge in [-0.2, -0.15) is 0 Å². The van der Waals surface area contributed by atoms with E-state index in [-0.39, 0.29) is 6.10 Å². The van der Waals surface area contributed by atoms with Gasteiger partial charge in [-0.25, -0.2) is 0 Å². The van der Waals surface area contributed by atoms with Crippen molar-refractivity contribution in [1.29, 1.82) is 0 Å². The molecule has 2 aromatic rings. The summed E-state index contributed by atoms with van der Waals surface area (Å²) >= 11 is 12.1. The minimum atomic E-state index is 0.155.